The monoisotopic (exact) mass is 1060 g/mol. The van der Waals surface area contributed by atoms with Crippen LogP contribution in [-0.2, 0) is 6.42 Å². The fourth-order valence-electron chi connectivity index (χ4n) is 2.97. The van der Waals surface area contributed by atoms with Gasteiger partial charge >= 0.3 is 0 Å². The number of rotatable bonds is 3. The van der Waals surface area contributed by atoms with Gasteiger partial charge in [-0.2, -0.15) is 0 Å². The van der Waals surface area contributed by atoms with E-state index in [4.69, 9.17) is 0 Å². The van der Waals surface area contributed by atoms with Gasteiger partial charge < -0.3 is 0 Å². The molecule has 1 saturated carbocycles. The van der Waals surface area contributed by atoms with Crippen LogP contribution in [0.15, 0.2) is 30.3 Å². The Kier molecular flexibility index (Phi) is 8.94. The summed E-state index contributed by atoms with van der Waals surface area (Å²) in [6.45, 7) is 2.22. The van der Waals surface area contributed by atoms with Crippen LogP contribution < -0.4 is 0 Å². The van der Waals surface area contributed by atoms with Gasteiger partial charge in [-0.3, -0.25) is 0 Å². The smallest absolute Gasteiger partial charge is 0.0799 e. The third-order valence-electron chi connectivity index (χ3n) is 4.56. The third-order valence-corrected chi connectivity index (χ3v) is 29.2. The first-order chi connectivity index (χ1) is 11.5. The zero-order valence-corrected chi connectivity index (χ0v) is 30.3. The van der Waals surface area contributed by atoms with Gasteiger partial charge in [0, 0.05) is 0 Å². The summed E-state index contributed by atoms with van der Waals surface area (Å²) in [7, 11) is 0. The first-order valence-corrected chi connectivity index (χ1v) is 15.8. The molecule has 0 N–H and O–H groups in total. The lowest BCUT2D eigenvalue weighted by atomic mass is 9.77. The highest BCUT2D eigenvalue weighted by atomic mass is 79.9. The van der Waals surface area contributed by atoms with E-state index in [-0.39, 0.29) is 5.92 Å². The molecule has 1 aromatic carbocycles. The fourth-order valence-corrected chi connectivity index (χ4v) is 16.6. The SMILES string of the molecule is CC(Cc1ccccc1)C1(Br)C(Br)(Br)C(Br)(Br)C(Br)(Br)C(Br)(Br)C1(Br)Br. The van der Waals surface area contributed by atoms with Gasteiger partial charge in [-0.1, -0.05) is 212 Å². The molecule has 2 rings (SSSR count). The van der Waals surface area contributed by atoms with E-state index in [1.165, 1.54) is 5.56 Å². The van der Waals surface area contributed by atoms with Gasteiger partial charge in [0.15, 0.2) is 0 Å². The highest BCUT2D eigenvalue weighted by Gasteiger charge is 2.85. The summed E-state index contributed by atoms with van der Waals surface area (Å²) in [5.41, 5.74) is 1.27. The van der Waals surface area contributed by atoms with Crippen LogP contribution in [0.3, 0.4) is 0 Å². The summed E-state index contributed by atoms with van der Waals surface area (Å²) < 4.78 is -3.96. The number of hydrogen-bond donors (Lipinski definition) is 0. The summed E-state index contributed by atoms with van der Waals surface area (Å²) in [4.78, 5) is 0. The Morgan fingerprint density at radius 1 is 0.615 bits per heavy atom. The predicted molar refractivity (Wildman–Crippen MR) is 154 cm³/mol. The van der Waals surface area contributed by atoms with E-state index in [9.17, 15) is 0 Å². The van der Waals surface area contributed by atoms with E-state index >= 15 is 0 Å². The van der Waals surface area contributed by atoms with Crippen molar-refractivity contribution in [2.75, 3.05) is 0 Å². The molecule has 0 heterocycles. The third kappa shape index (κ3) is 3.68. The summed E-state index contributed by atoms with van der Waals surface area (Å²) in [5.74, 6) is 0.169. The molecule has 1 aliphatic rings. The minimum Gasteiger partial charge on any atom is -0.0799 e. The molecule has 0 radical (unpaired) electrons. The Hall–Kier alpha value is 4.50. The molecular weight excluding hydrogens is 1060 g/mol. The van der Waals surface area contributed by atoms with E-state index in [0.29, 0.717) is 0 Å². The Morgan fingerprint density at radius 2 is 0.962 bits per heavy atom. The molecule has 0 amide bonds. The van der Waals surface area contributed by atoms with Gasteiger partial charge in [0.05, 0.1) is 4.32 Å². The molecule has 1 atom stereocenters. The molecule has 0 saturated heterocycles. The lowest BCUT2D eigenvalue weighted by Gasteiger charge is -2.67. The van der Waals surface area contributed by atoms with Crippen LogP contribution in [-0.4, -0.2) is 20.5 Å². The zero-order valence-electron chi connectivity index (χ0n) is 12.8. The first kappa shape index (κ1) is 26.7. The van der Waals surface area contributed by atoms with Crippen molar-refractivity contribution in [2.45, 2.75) is 33.8 Å². The van der Waals surface area contributed by atoms with E-state index < -0.39 is 20.5 Å². The number of benzene rings is 1. The van der Waals surface area contributed by atoms with Crippen molar-refractivity contribution < 1.29 is 0 Å². The van der Waals surface area contributed by atoms with Crippen LogP contribution in [0, 0.1) is 5.92 Å². The fraction of sp³-hybridized carbons (Fsp3) is 0.600. The average molecular weight is 1070 g/mol. The topological polar surface area (TPSA) is 0 Å². The van der Waals surface area contributed by atoms with Crippen LogP contribution in [0.2, 0.25) is 0 Å². The van der Waals surface area contributed by atoms with Crippen LogP contribution in [0.4, 0.5) is 0 Å². The van der Waals surface area contributed by atoms with E-state index in [2.05, 4.69) is 206 Å². The second kappa shape index (κ2) is 8.69. The zero-order chi connectivity index (χ0) is 20.4. The van der Waals surface area contributed by atoms with Crippen molar-refractivity contribution in [3.05, 3.63) is 35.9 Å². The highest BCUT2D eigenvalue weighted by molar-refractivity contribution is 9.36. The van der Waals surface area contributed by atoms with Crippen molar-refractivity contribution in [3.63, 3.8) is 0 Å². The van der Waals surface area contributed by atoms with Crippen molar-refractivity contribution in [1.82, 2.24) is 0 Å². The van der Waals surface area contributed by atoms with E-state index in [0.717, 1.165) is 6.42 Å². The molecule has 1 aliphatic carbocycles. The van der Waals surface area contributed by atoms with Crippen LogP contribution >= 0.6 is 175 Å². The maximum atomic E-state index is 4.12. The second-order valence-corrected chi connectivity index (χ2v) is 24.6. The van der Waals surface area contributed by atoms with Crippen molar-refractivity contribution >= 4 is 175 Å². The molecule has 0 nitrogen and oxygen atoms in total. The molecule has 0 aliphatic heterocycles. The largest absolute Gasteiger partial charge is 0.135 e. The Labute approximate surface area is 246 Å². The second-order valence-electron chi connectivity index (χ2n) is 6.17. The van der Waals surface area contributed by atoms with E-state index in [1.807, 2.05) is 6.07 Å². The average Bonchev–Trinajstić information content (AvgIpc) is 2.52. The summed E-state index contributed by atoms with van der Waals surface area (Å²) in [5, 5.41) is 0. The van der Waals surface area contributed by atoms with E-state index in [1.54, 1.807) is 0 Å². The molecule has 0 bridgehead atoms. The Morgan fingerprint density at radius 3 is 1.35 bits per heavy atom. The van der Waals surface area contributed by atoms with Crippen LogP contribution in [0.5, 0.6) is 0 Å². The van der Waals surface area contributed by atoms with Gasteiger partial charge in [-0.25, -0.2) is 0 Å². The number of alkyl halides is 11. The quantitative estimate of drug-likeness (QED) is 0.265. The van der Waals surface area contributed by atoms with Crippen molar-refractivity contribution in [3.8, 4) is 0 Å². The Bertz CT molecular complexity index is 635. The molecule has 26 heavy (non-hydrogen) atoms. The minimum absolute atomic E-state index is 0.169. The molecule has 1 aromatic rings. The molecular formula is C15H11Br11. The van der Waals surface area contributed by atoms with Gasteiger partial charge in [0.2, 0.25) is 0 Å². The summed E-state index contributed by atoms with van der Waals surface area (Å²) >= 11 is 43.2. The van der Waals surface area contributed by atoms with Crippen LogP contribution in [0.25, 0.3) is 0 Å². The standard InChI is InChI=1S/C15H11Br11/c1-8(7-9-5-3-2-4-6-9)10(16)11(17,18)13(21,22)15(25,26)14(23,24)12(10,19)20/h2-6,8H,7H2,1H3. The first-order valence-electron chi connectivity index (χ1n) is 7.12. The Balaban J connectivity index is 2.67. The lowest BCUT2D eigenvalue weighted by molar-refractivity contribution is 0.308. The summed E-state index contributed by atoms with van der Waals surface area (Å²) in [6.07, 6.45) is 0.869. The van der Waals surface area contributed by atoms with Crippen molar-refractivity contribution in [1.29, 1.82) is 0 Å². The summed E-state index contributed by atoms with van der Waals surface area (Å²) in [6, 6.07) is 10.5. The maximum absolute atomic E-state index is 4.12. The predicted octanol–water partition coefficient (Wildman–Crippen LogP) is 10.4. The number of hydrogen-bond acceptors (Lipinski definition) is 0. The molecule has 1 unspecified atom stereocenters. The molecule has 148 valence electrons. The molecule has 0 aromatic heterocycles. The van der Waals surface area contributed by atoms with Gasteiger partial charge in [-0.15, -0.1) is 0 Å². The molecule has 0 spiro atoms. The van der Waals surface area contributed by atoms with Gasteiger partial charge in [-0.05, 0) is 17.9 Å². The highest BCUT2D eigenvalue weighted by Crippen LogP contribution is 2.82. The van der Waals surface area contributed by atoms with Crippen molar-refractivity contribution in [2.24, 2.45) is 5.92 Å². The molecule has 11 heteroatoms. The lowest BCUT2D eigenvalue weighted by Crippen LogP contribution is -2.79. The maximum Gasteiger partial charge on any atom is 0.135 e. The van der Waals surface area contributed by atoms with Gasteiger partial charge in [0.1, 0.15) is 16.2 Å². The number of halogens is 11. The van der Waals surface area contributed by atoms with Crippen LogP contribution in [0.1, 0.15) is 12.5 Å². The van der Waals surface area contributed by atoms with Gasteiger partial charge in [0.25, 0.3) is 0 Å². The minimum atomic E-state index is -0.691. The molecule has 1 fully saturated rings. The normalized spacial score (nSPS) is 28.3.